The van der Waals surface area contributed by atoms with Crippen molar-refractivity contribution in [3.05, 3.63) is 94.6 Å². The fourth-order valence-corrected chi connectivity index (χ4v) is 5.81. The van der Waals surface area contributed by atoms with Crippen LogP contribution < -0.4 is 4.74 Å². The quantitative estimate of drug-likeness (QED) is 0.217. The Bertz CT molecular complexity index is 1760. The third kappa shape index (κ3) is 6.27. The average Bonchev–Trinajstić information content (AvgIpc) is 3.76. The van der Waals surface area contributed by atoms with E-state index in [1.165, 1.54) is 42.0 Å². The van der Waals surface area contributed by atoms with Crippen molar-refractivity contribution < 1.29 is 37.0 Å². The number of hydrogen-bond acceptors (Lipinski definition) is 5. The molecule has 0 radical (unpaired) electrons. The van der Waals surface area contributed by atoms with Crippen molar-refractivity contribution in [2.45, 2.75) is 51.3 Å². The fraction of sp³-hybridized carbons (Fsp3) is 0.333. The van der Waals surface area contributed by atoms with E-state index >= 15 is 4.39 Å². The molecule has 2 fully saturated rings. The summed E-state index contributed by atoms with van der Waals surface area (Å²) >= 11 is 0. The molecule has 1 amide bonds. The first kappa shape index (κ1) is 30.3. The number of nitrogens with zero attached hydrogens (tertiary/aromatic N) is 4. The van der Waals surface area contributed by atoms with E-state index in [1.807, 2.05) is 24.0 Å². The van der Waals surface area contributed by atoms with Gasteiger partial charge in [0.05, 0.1) is 11.9 Å². The number of pyridine rings is 1. The fourth-order valence-electron chi connectivity index (χ4n) is 5.81. The van der Waals surface area contributed by atoms with Crippen molar-refractivity contribution in [1.29, 1.82) is 0 Å². The average molecular weight is 623 g/mol. The Morgan fingerprint density at radius 1 is 1.02 bits per heavy atom. The van der Waals surface area contributed by atoms with Crippen LogP contribution in [-0.4, -0.2) is 49.7 Å². The van der Waals surface area contributed by atoms with Crippen LogP contribution in [0.25, 0.3) is 17.1 Å². The Morgan fingerprint density at radius 3 is 2.42 bits per heavy atom. The van der Waals surface area contributed by atoms with Crippen molar-refractivity contribution >= 4 is 11.9 Å². The molecule has 3 heterocycles. The van der Waals surface area contributed by atoms with E-state index in [9.17, 15) is 27.9 Å². The third-order valence-electron chi connectivity index (χ3n) is 8.41. The lowest BCUT2D eigenvalue weighted by Gasteiger charge is -2.32. The summed E-state index contributed by atoms with van der Waals surface area (Å²) < 4.78 is 62.9. The number of likely N-dealkylation sites (tertiary alicyclic amines) is 1. The number of hydrogen-bond donors (Lipinski definition) is 1. The van der Waals surface area contributed by atoms with Gasteiger partial charge in [0.1, 0.15) is 12.2 Å². The van der Waals surface area contributed by atoms with Crippen LogP contribution in [0.1, 0.15) is 64.3 Å². The Balaban J connectivity index is 1.20. The molecule has 1 saturated carbocycles. The summed E-state index contributed by atoms with van der Waals surface area (Å²) in [5, 5.41) is 12.9. The number of alkyl halides is 3. The van der Waals surface area contributed by atoms with Gasteiger partial charge in [0.2, 0.25) is 5.91 Å². The topological polar surface area (TPSA) is 97.6 Å². The largest absolute Gasteiger partial charge is 0.485 e. The molecule has 8 nitrogen and oxygen atoms in total. The van der Waals surface area contributed by atoms with Crippen molar-refractivity contribution in [2.75, 3.05) is 13.1 Å². The highest BCUT2D eigenvalue weighted by Gasteiger charge is 2.41. The molecule has 2 aliphatic rings. The Kier molecular flexibility index (Phi) is 8.07. The van der Waals surface area contributed by atoms with Gasteiger partial charge >= 0.3 is 12.1 Å². The van der Waals surface area contributed by atoms with Gasteiger partial charge in [-0.1, -0.05) is 30.3 Å². The number of piperidine rings is 1. The number of amides is 1. The van der Waals surface area contributed by atoms with Gasteiger partial charge in [-0.15, -0.1) is 0 Å². The van der Waals surface area contributed by atoms with Crippen molar-refractivity contribution in [2.24, 2.45) is 5.92 Å². The number of rotatable bonds is 8. The number of carbonyl (C=O) groups is 2. The molecule has 2 aromatic carbocycles. The summed E-state index contributed by atoms with van der Waals surface area (Å²) in [5.74, 6) is -2.02. The molecule has 1 aliphatic carbocycles. The predicted molar refractivity (Wildman–Crippen MR) is 156 cm³/mol. The molecule has 0 spiro atoms. The second-order valence-electron chi connectivity index (χ2n) is 11.5. The standard InChI is InChI=1S/C33H30F4N4O4/c1-19-16-22(20-12-14-40(15-13-20)31(42)21-8-9-21)10-11-23(19)18-45-29-24(4-2-5-26(29)34)27-6-3-7-28(39-27)41-30(33(35,36)37)25(17-38-41)32(43)44/h2-7,10-11,16-17,20-21H,8-9,12-15,18H2,1H3,(H,43,44). The van der Waals surface area contributed by atoms with Gasteiger partial charge in [0, 0.05) is 24.6 Å². The van der Waals surface area contributed by atoms with Crippen LogP contribution >= 0.6 is 0 Å². The molecular formula is C33H30F4N4O4. The smallest absolute Gasteiger partial charge is 0.434 e. The van der Waals surface area contributed by atoms with Gasteiger partial charge in [0.15, 0.2) is 23.1 Å². The molecule has 6 rings (SSSR count). The maximum atomic E-state index is 15.1. The van der Waals surface area contributed by atoms with E-state index in [1.54, 1.807) is 0 Å². The van der Waals surface area contributed by atoms with Gasteiger partial charge in [-0.25, -0.2) is 18.9 Å². The van der Waals surface area contributed by atoms with Gasteiger partial charge in [0.25, 0.3) is 0 Å². The van der Waals surface area contributed by atoms with Gasteiger partial charge in [-0.3, -0.25) is 4.79 Å². The van der Waals surface area contributed by atoms with E-state index in [0.29, 0.717) is 16.8 Å². The number of carbonyl (C=O) groups excluding carboxylic acids is 1. The number of halogens is 4. The maximum absolute atomic E-state index is 15.1. The number of aryl methyl sites for hydroxylation is 1. The highest BCUT2D eigenvalue weighted by molar-refractivity contribution is 5.89. The summed E-state index contributed by atoms with van der Waals surface area (Å²) in [6, 6.07) is 14.4. The summed E-state index contributed by atoms with van der Waals surface area (Å²) in [6.45, 7) is 3.50. The van der Waals surface area contributed by atoms with Gasteiger partial charge < -0.3 is 14.7 Å². The second kappa shape index (κ2) is 12.0. The van der Waals surface area contributed by atoms with E-state index in [0.717, 1.165) is 49.9 Å². The summed E-state index contributed by atoms with van der Waals surface area (Å²) in [7, 11) is 0. The highest BCUT2D eigenvalue weighted by atomic mass is 19.4. The first-order chi connectivity index (χ1) is 21.5. The lowest BCUT2D eigenvalue weighted by molar-refractivity contribution is -0.143. The molecule has 4 aromatic rings. The van der Waals surface area contributed by atoms with E-state index in [2.05, 4.69) is 16.1 Å². The van der Waals surface area contributed by atoms with Crippen LogP contribution in [0.2, 0.25) is 0 Å². The lowest BCUT2D eigenvalue weighted by atomic mass is 9.87. The Hall–Kier alpha value is -4.74. The summed E-state index contributed by atoms with van der Waals surface area (Å²) in [6.07, 6.45) is -0.597. The number of aromatic carboxylic acids is 1. The SMILES string of the molecule is Cc1cc(C2CCN(C(=O)C3CC3)CC2)ccc1COc1c(F)cccc1-c1cccc(-n2ncc(C(=O)O)c2C(F)(F)F)n1. The summed E-state index contributed by atoms with van der Waals surface area (Å²) in [5.41, 5.74) is 0.814. The monoisotopic (exact) mass is 622 g/mol. The molecular weight excluding hydrogens is 592 g/mol. The molecule has 12 heteroatoms. The van der Waals surface area contributed by atoms with Crippen LogP contribution in [0.5, 0.6) is 5.75 Å². The lowest BCUT2D eigenvalue weighted by Crippen LogP contribution is -2.38. The molecule has 0 bridgehead atoms. The van der Waals surface area contributed by atoms with Crippen LogP contribution in [0.15, 0.2) is 60.8 Å². The number of para-hydroxylation sites is 1. The van der Waals surface area contributed by atoms with Crippen LogP contribution in [0.3, 0.4) is 0 Å². The number of aromatic nitrogens is 3. The first-order valence-corrected chi connectivity index (χ1v) is 14.7. The van der Waals surface area contributed by atoms with Gasteiger partial charge in [-0.05, 0) is 79.5 Å². The Morgan fingerprint density at radius 2 is 1.76 bits per heavy atom. The molecule has 0 atom stereocenters. The molecule has 2 aromatic heterocycles. The van der Waals surface area contributed by atoms with E-state index in [-0.39, 0.29) is 41.3 Å². The zero-order valence-electron chi connectivity index (χ0n) is 24.4. The van der Waals surface area contributed by atoms with E-state index < -0.39 is 29.2 Å². The molecule has 1 saturated heterocycles. The van der Waals surface area contributed by atoms with Crippen LogP contribution in [0, 0.1) is 18.7 Å². The minimum atomic E-state index is -5.02. The van der Waals surface area contributed by atoms with Crippen LogP contribution in [-0.2, 0) is 17.6 Å². The van der Waals surface area contributed by atoms with E-state index in [4.69, 9.17) is 4.74 Å². The highest BCUT2D eigenvalue weighted by Crippen LogP contribution is 2.37. The number of carboxylic acids is 1. The third-order valence-corrected chi connectivity index (χ3v) is 8.41. The number of benzene rings is 2. The summed E-state index contributed by atoms with van der Waals surface area (Å²) in [4.78, 5) is 30.1. The predicted octanol–water partition coefficient (Wildman–Crippen LogP) is 6.79. The first-order valence-electron chi connectivity index (χ1n) is 14.7. The van der Waals surface area contributed by atoms with Crippen LogP contribution in [0.4, 0.5) is 17.6 Å². The maximum Gasteiger partial charge on any atom is 0.434 e. The zero-order chi connectivity index (χ0) is 31.9. The molecule has 45 heavy (non-hydrogen) atoms. The zero-order valence-corrected chi connectivity index (χ0v) is 24.4. The molecule has 0 unspecified atom stereocenters. The van der Waals surface area contributed by atoms with Crippen molar-refractivity contribution in [3.63, 3.8) is 0 Å². The minimum absolute atomic E-state index is 0.0351. The minimum Gasteiger partial charge on any atom is -0.485 e. The Labute approximate surface area is 256 Å². The normalized spacial score (nSPS) is 15.7. The number of carboxylic acid groups (broad SMARTS) is 1. The van der Waals surface area contributed by atoms with Crippen molar-refractivity contribution in [3.8, 4) is 22.8 Å². The molecule has 1 N–H and O–H groups in total. The molecule has 234 valence electrons. The number of ether oxygens (including phenoxy) is 1. The second-order valence-corrected chi connectivity index (χ2v) is 11.5. The van der Waals surface area contributed by atoms with Gasteiger partial charge in [-0.2, -0.15) is 18.3 Å². The van der Waals surface area contributed by atoms with Crippen molar-refractivity contribution in [1.82, 2.24) is 19.7 Å². The molecule has 1 aliphatic heterocycles.